The van der Waals surface area contributed by atoms with Gasteiger partial charge in [-0.05, 0) is 24.3 Å². The number of carboxylic acids is 1. The number of hydrogen-bond acceptors (Lipinski definition) is 5. The maximum atomic E-state index is 12.7. The summed E-state index contributed by atoms with van der Waals surface area (Å²) in [5, 5.41) is 11.6. The van der Waals surface area contributed by atoms with Crippen LogP contribution >= 0.6 is 0 Å². The number of rotatable bonds is 4. The molecule has 0 unspecified atom stereocenters. The second-order valence-corrected chi connectivity index (χ2v) is 4.90. The number of anilines is 2. The summed E-state index contributed by atoms with van der Waals surface area (Å²) in [7, 11) is 0. The third kappa shape index (κ3) is 3.74. The first kappa shape index (κ1) is 16.4. The third-order valence-corrected chi connectivity index (χ3v) is 3.14. The molecule has 0 spiro atoms. The summed E-state index contributed by atoms with van der Waals surface area (Å²) in [4.78, 5) is 22.6. The fourth-order valence-electron chi connectivity index (χ4n) is 2.00. The molecular formula is C15H10F3N5O2. The van der Waals surface area contributed by atoms with Crippen molar-refractivity contribution in [2.24, 2.45) is 0 Å². The molecule has 128 valence electrons. The molecule has 0 saturated carbocycles. The number of nitrogens with zero attached hydrogens (tertiary/aromatic N) is 4. The molecular weight excluding hydrogens is 339 g/mol. The molecule has 10 heteroatoms. The Morgan fingerprint density at radius 2 is 1.96 bits per heavy atom. The van der Waals surface area contributed by atoms with E-state index in [4.69, 9.17) is 5.11 Å². The average molecular weight is 349 g/mol. The van der Waals surface area contributed by atoms with E-state index in [0.29, 0.717) is 5.82 Å². The van der Waals surface area contributed by atoms with Crippen molar-refractivity contribution < 1.29 is 23.1 Å². The first-order chi connectivity index (χ1) is 11.8. The molecule has 0 radical (unpaired) electrons. The standard InChI is InChI=1S/C15H10F3N5O2/c16-15(17,18)9-4-5-19-12(6-9)21-11-2-1-3-13(22-11)23-7-10(14(24)25)20-8-23/h1-8H,(H,24,25)(H,19,21,22). The number of hydrogen-bond donors (Lipinski definition) is 2. The van der Waals surface area contributed by atoms with E-state index >= 15 is 0 Å². The number of nitrogens with one attached hydrogen (secondary N) is 1. The van der Waals surface area contributed by atoms with Gasteiger partial charge in [-0.2, -0.15) is 13.2 Å². The monoisotopic (exact) mass is 349 g/mol. The zero-order chi connectivity index (χ0) is 18.0. The van der Waals surface area contributed by atoms with Gasteiger partial charge in [-0.25, -0.2) is 19.7 Å². The Bertz CT molecular complexity index is 923. The van der Waals surface area contributed by atoms with Gasteiger partial charge in [-0.15, -0.1) is 0 Å². The van der Waals surface area contributed by atoms with E-state index in [1.54, 1.807) is 18.2 Å². The third-order valence-electron chi connectivity index (χ3n) is 3.14. The van der Waals surface area contributed by atoms with E-state index in [-0.39, 0.29) is 17.3 Å². The van der Waals surface area contributed by atoms with Gasteiger partial charge in [0.2, 0.25) is 0 Å². The summed E-state index contributed by atoms with van der Waals surface area (Å²) in [5.41, 5.74) is -0.985. The van der Waals surface area contributed by atoms with Gasteiger partial charge < -0.3 is 10.4 Å². The molecule has 2 N–H and O–H groups in total. The van der Waals surface area contributed by atoms with Crippen LogP contribution in [0.2, 0.25) is 0 Å². The number of alkyl halides is 3. The normalized spacial score (nSPS) is 11.3. The lowest BCUT2D eigenvalue weighted by atomic mass is 10.2. The van der Waals surface area contributed by atoms with Crippen molar-refractivity contribution in [3.05, 3.63) is 60.3 Å². The number of imidazole rings is 1. The van der Waals surface area contributed by atoms with Gasteiger partial charge in [0.05, 0.1) is 5.56 Å². The maximum absolute atomic E-state index is 12.7. The van der Waals surface area contributed by atoms with Gasteiger partial charge in [0.25, 0.3) is 0 Å². The molecule has 0 aliphatic carbocycles. The quantitative estimate of drug-likeness (QED) is 0.752. The maximum Gasteiger partial charge on any atom is 0.416 e. The second-order valence-electron chi connectivity index (χ2n) is 4.90. The van der Waals surface area contributed by atoms with Crippen molar-refractivity contribution in [3.63, 3.8) is 0 Å². The molecule has 3 aromatic heterocycles. The zero-order valence-electron chi connectivity index (χ0n) is 12.4. The molecule has 0 fully saturated rings. The van der Waals surface area contributed by atoms with E-state index in [2.05, 4.69) is 20.3 Å². The highest BCUT2D eigenvalue weighted by Gasteiger charge is 2.30. The summed E-state index contributed by atoms with van der Waals surface area (Å²) in [6.07, 6.45) is -0.877. The molecule has 0 amide bonds. The minimum absolute atomic E-state index is 0.0173. The molecule has 3 heterocycles. The van der Waals surface area contributed by atoms with Gasteiger partial charge in [-0.1, -0.05) is 6.07 Å². The van der Waals surface area contributed by atoms with Crippen LogP contribution < -0.4 is 5.32 Å². The summed E-state index contributed by atoms with van der Waals surface area (Å²) in [5.74, 6) is -0.607. The van der Waals surface area contributed by atoms with Crippen molar-refractivity contribution in [3.8, 4) is 5.82 Å². The summed E-state index contributed by atoms with van der Waals surface area (Å²) in [6.45, 7) is 0. The zero-order valence-corrected chi connectivity index (χ0v) is 12.4. The number of carbonyl (C=O) groups is 1. The van der Waals surface area contributed by atoms with Crippen molar-refractivity contribution in [2.45, 2.75) is 6.18 Å². The van der Waals surface area contributed by atoms with Gasteiger partial charge in [-0.3, -0.25) is 4.57 Å². The number of pyridine rings is 2. The SMILES string of the molecule is O=C(O)c1cn(-c2cccc(Nc3cc(C(F)(F)F)ccn3)n2)cn1. The van der Waals surface area contributed by atoms with Crippen LogP contribution in [0.3, 0.4) is 0 Å². The summed E-state index contributed by atoms with van der Waals surface area (Å²) >= 11 is 0. The summed E-state index contributed by atoms with van der Waals surface area (Å²) in [6, 6.07) is 6.49. The first-order valence-corrected chi connectivity index (χ1v) is 6.88. The molecule has 3 aromatic rings. The highest BCUT2D eigenvalue weighted by molar-refractivity contribution is 5.85. The summed E-state index contributed by atoms with van der Waals surface area (Å²) < 4.78 is 39.6. The minimum atomic E-state index is -4.47. The number of aromatic carboxylic acids is 1. The lowest BCUT2D eigenvalue weighted by Crippen LogP contribution is -2.06. The van der Waals surface area contributed by atoms with E-state index in [1.165, 1.54) is 17.1 Å². The highest BCUT2D eigenvalue weighted by atomic mass is 19.4. The largest absolute Gasteiger partial charge is 0.476 e. The molecule has 0 atom stereocenters. The van der Waals surface area contributed by atoms with Crippen molar-refractivity contribution in [1.82, 2.24) is 19.5 Å². The van der Waals surface area contributed by atoms with Crippen molar-refractivity contribution in [1.29, 1.82) is 0 Å². The van der Waals surface area contributed by atoms with Crippen molar-refractivity contribution >= 4 is 17.6 Å². The van der Waals surface area contributed by atoms with Crippen LogP contribution in [-0.2, 0) is 6.18 Å². The number of aromatic nitrogens is 4. The molecule has 0 saturated heterocycles. The van der Waals surface area contributed by atoms with Crippen LogP contribution in [0.15, 0.2) is 49.1 Å². The topological polar surface area (TPSA) is 92.9 Å². The molecule has 3 rings (SSSR count). The number of halogens is 3. The van der Waals surface area contributed by atoms with Gasteiger partial charge in [0.1, 0.15) is 23.8 Å². The van der Waals surface area contributed by atoms with Gasteiger partial charge >= 0.3 is 12.1 Å². The minimum Gasteiger partial charge on any atom is -0.476 e. The molecule has 7 nitrogen and oxygen atoms in total. The lowest BCUT2D eigenvalue weighted by molar-refractivity contribution is -0.137. The Balaban J connectivity index is 1.86. The fourth-order valence-corrected chi connectivity index (χ4v) is 2.00. The Morgan fingerprint density at radius 3 is 2.64 bits per heavy atom. The molecule has 0 aliphatic rings. The van der Waals surface area contributed by atoms with E-state index in [0.717, 1.165) is 18.3 Å². The second kappa shape index (κ2) is 6.23. The van der Waals surface area contributed by atoms with Gasteiger partial charge in [0, 0.05) is 12.4 Å². The Morgan fingerprint density at radius 1 is 1.16 bits per heavy atom. The Kier molecular flexibility index (Phi) is 4.09. The van der Waals surface area contributed by atoms with Crippen LogP contribution in [0.5, 0.6) is 0 Å². The molecule has 0 bridgehead atoms. The molecule has 25 heavy (non-hydrogen) atoms. The van der Waals surface area contributed by atoms with E-state index in [1.807, 2.05) is 0 Å². The molecule has 0 aliphatic heterocycles. The Labute approximate surface area is 138 Å². The lowest BCUT2D eigenvalue weighted by Gasteiger charge is -2.10. The van der Waals surface area contributed by atoms with Crippen molar-refractivity contribution in [2.75, 3.05) is 5.32 Å². The van der Waals surface area contributed by atoms with Gasteiger partial charge in [0.15, 0.2) is 5.69 Å². The Hall–Kier alpha value is -3.43. The van der Waals surface area contributed by atoms with E-state index < -0.39 is 17.7 Å². The van der Waals surface area contributed by atoms with Crippen LogP contribution in [0, 0.1) is 0 Å². The smallest absolute Gasteiger partial charge is 0.416 e. The van der Waals surface area contributed by atoms with Crippen LogP contribution in [0.1, 0.15) is 16.1 Å². The van der Waals surface area contributed by atoms with Crippen LogP contribution in [0.25, 0.3) is 5.82 Å². The van der Waals surface area contributed by atoms with E-state index in [9.17, 15) is 18.0 Å². The number of carboxylic acid groups (broad SMARTS) is 1. The van der Waals surface area contributed by atoms with Crippen LogP contribution in [0.4, 0.5) is 24.8 Å². The predicted molar refractivity (Wildman–Crippen MR) is 80.8 cm³/mol. The van der Waals surface area contributed by atoms with Crippen LogP contribution in [-0.4, -0.2) is 30.6 Å². The predicted octanol–water partition coefficient (Wildman–Crippen LogP) is 3.12. The molecule has 0 aromatic carbocycles. The fraction of sp³-hybridized carbons (Fsp3) is 0.0667. The average Bonchev–Trinajstić information content (AvgIpc) is 3.05. The first-order valence-electron chi connectivity index (χ1n) is 6.88. The highest BCUT2D eigenvalue weighted by Crippen LogP contribution is 2.30.